The number of hydrogen-bond acceptors (Lipinski definition) is 3. The van der Waals surface area contributed by atoms with Gasteiger partial charge in [0.25, 0.3) is 0 Å². The Bertz CT molecular complexity index is 261. The van der Waals surface area contributed by atoms with Crippen LogP contribution in [0, 0.1) is 0 Å². The lowest BCUT2D eigenvalue weighted by atomic mass is 10.4. The third-order valence-corrected chi connectivity index (χ3v) is 1.44. The maximum Gasteiger partial charge on any atom is 0.215 e. The van der Waals surface area contributed by atoms with Gasteiger partial charge in [-0.2, -0.15) is 4.98 Å². The molecule has 0 aliphatic heterocycles. The summed E-state index contributed by atoms with van der Waals surface area (Å²) < 4.78 is 5.45. The standard InChI is InChI=1S/C10H16N2O/c1-4-11-9-6-5-7-10(12-9)13-8(2)3/h5-8H,4H2,1-3H3,(H,11,12). The van der Waals surface area contributed by atoms with Gasteiger partial charge in [0, 0.05) is 12.6 Å². The Morgan fingerprint density at radius 2 is 2.23 bits per heavy atom. The molecule has 0 bridgehead atoms. The highest BCUT2D eigenvalue weighted by atomic mass is 16.5. The van der Waals surface area contributed by atoms with Crippen molar-refractivity contribution in [3.63, 3.8) is 0 Å². The quantitative estimate of drug-likeness (QED) is 0.772. The zero-order chi connectivity index (χ0) is 9.68. The minimum Gasteiger partial charge on any atom is -0.475 e. The lowest BCUT2D eigenvalue weighted by molar-refractivity contribution is 0.233. The topological polar surface area (TPSA) is 34.1 Å². The maximum absolute atomic E-state index is 5.45. The fourth-order valence-corrected chi connectivity index (χ4v) is 1.00. The van der Waals surface area contributed by atoms with Crippen LogP contribution in [-0.2, 0) is 0 Å². The van der Waals surface area contributed by atoms with Crippen LogP contribution in [0.25, 0.3) is 0 Å². The largest absolute Gasteiger partial charge is 0.475 e. The fourth-order valence-electron chi connectivity index (χ4n) is 1.00. The third kappa shape index (κ3) is 3.32. The van der Waals surface area contributed by atoms with Crippen LogP contribution in [-0.4, -0.2) is 17.6 Å². The number of pyridine rings is 1. The first-order valence-electron chi connectivity index (χ1n) is 4.60. The molecule has 13 heavy (non-hydrogen) atoms. The minimum atomic E-state index is 0.171. The number of nitrogens with zero attached hydrogens (tertiary/aromatic N) is 1. The van der Waals surface area contributed by atoms with Crippen LogP contribution >= 0.6 is 0 Å². The normalized spacial score (nSPS) is 10.2. The number of ether oxygens (including phenoxy) is 1. The molecule has 1 heterocycles. The van der Waals surface area contributed by atoms with E-state index in [1.54, 1.807) is 0 Å². The van der Waals surface area contributed by atoms with Gasteiger partial charge < -0.3 is 10.1 Å². The average molecular weight is 180 g/mol. The number of aromatic nitrogens is 1. The van der Waals surface area contributed by atoms with E-state index in [1.165, 1.54) is 0 Å². The summed E-state index contributed by atoms with van der Waals surface area (Å²) in [6.07, 6.45) is 0.171. The molecule has 1 rings (SSSR count). The lowest BCUT2D eigenvalue weighted by Gasteiger charge is -2.09. The van der Waals surface area contributed by atoms with Gasteiger partial charge >= 0.3 is 0 Å². The second kappa shape index (κ2) is 4.70. The van der Waals surface area contributed by atoms with E-state index in [0.717, 1.165) is 12.4 Å². The van der Waals surface area contributed by atoms with E-state index < -0.39 is 0 Å². The third-order valence-electron chi connectivity index (χ3n) is 1.44. The Morgan fingerprint density at radius 1 is 1.46 bits per heavy atom. The van der Waals surface area contributed by atoms with Crippen molar-refractivity contribution in [1.82, 2.24) is 4.98 Å². The van der Waals surface area contributed by atoms with Gasteiger partial charge in [0.1, 0.15) is 5.82 Å². The summed E-state index contributed by atoms with van der Waals surface area (Å²) in [5.41, 5.74) is 0. The van der Waals surface area contributed by atoms with Crippen molar-refractivity contribution < 1.29 is 4.74 Å². The van der Waals surface area contributed by atoms with Crippen molar-refractivity contribution in [2.24, 2.45) is 0 Å². The SMILES string of the molecule is CCNc1cccc(OC(C)C)n1. The Hall–Kier alpha value is -1.25. The summed E-state index contributed by atoms with van der Waals surface area (Å²) in [5, 5.41) is 3.13. The van der Waals surface area contributed by atoms with E-state index in [0.29, 0.717) is 5.88 Å². The number of rotatable bonds is 4. The van der Waals surface area contributed by atoms with Gasteiger partial charge in [0.2, 0.25) is 5.88 Å². The number of anilines is 1. The molecule has 1 N–H and O–H groups in total. The molecule has 1 aromatic rings. The zero-order valence-corrected chi connectivity index (χ0v) is 8.37. The van der Waals surface area contributed by atoms with E-state index >= 15 is 0 Å². The highest BCUT2D eigenvalue weighted by Crippen LogP contribution is 2.12. The first-order valence-corrected chi connectivity index (χ1v) is 4.60. The van der Waals surface area contributed by atoms with Crippen LogP contribution in [0.15, 0.2) is 18.2 Å². The van der Waals surface area contributed by atoms with Gasteiger partial charge in [-0.1, -0.05) is 6.07 Å². The second-order valence-corrected chi connectivity index (χ2v) is 3.06. The molecule has 0 unspecified atom stereocenters. The average Bonchev–Trinajstić information content (AvgIpc) is 2.04. The molecular weight excluding hydrogens is 164 g/mol. The summed E-state index contributed by atoms with van der Waals surface area (Å²) in [5.74, 6) is 1.54. The summed E-state index contributed by atoms with van der Waals surface area (Å²) in [6, 6.07) is 5.72. The molecule has 0 radical (unpaired) electrons. The molecule has 1 aromatic heterocycles. The maximum atomic E-state index is 5.45. The van der Waals surface area contributed by atoms with Crippen LogP contribution < -0.4 is 10.1 Å². The molecule has 3 heteroatoms. The molecule has 0 spiro atoms. The Morgan fingerprint density at radius 3 is 2.85 bits per heavy atom. The van der Waals surface area contributed by atoms with Gasteiger partial charge in [-0.15, -0.1) is 0 Å². The fraction of sp³-hybridized carbons (Fsp3) is 0.500. The Labute approximate surface area is 79.1 Å². The summed E-state index contributed by atoms with van der Waals surface area (Å²) in [6.45, 7) is 6.89. The van der Waals surface area contributed by atoms with Crippen molar-refractivity contribution in [2.45, 2.75) is 26.9 Å². The van der Waals surface area contributed by atoms with E-state index in [2.05, 4.69) is 10.3 Å². The molecule has 0 saturated heterocycles. The Balaban J connectivity index is 2.67. The van der Waals surface area contributed by atoms with E-state index in [4.69, 9.17) is 4.74 Å². The first-order chi connectivity index (χ1) is 6.22. The number of hydrogen-bond donors (Lipinski definition) is 1. The highest BCUT2D eigenvalue weighted by molar-refractivity contribution is 5.36. The minimum absolute atomic E-state index is 0.171. The zero-order valence-electron chi connectivity index (χ0n) is 8.37. The summed E-state index contributed by atoms with van der Waals surface area (Å²) >= 11 is 0. The molecule has 0 amide bonds. The highest BCUT2D eigenvalue weighted by Gasteiger charge is 1.99. The molecule has 0 fully saturated rings. The van der Waals surface area contributed by atoms with Gasteiger partial charge in [0.15, 0.2) is 0 Å². The van der Waals surface area contributed by atoms with Crippen LogP contribution in [0.2, 0.25) is 0 Å². The molecule has 0 atom stereocenters. The van der Waals surface area contributed by atoms with Crippen molar-refractivity contribution >= 4 is 5.82 Å². The van der Waals surface area contributed by atoms with Crippen molar-refractivity contribution in [3.8, 4) is 5.88 Å². The van der Waals surface area contributed by atoms with Gasteiger partial charge in [-0.3, -0.25) is 0 Å². The molecular formula is C10H16N2O. The molecule has 0 aliphatic rings. The summed E-state index contributed by atoms with van der Waals surface area (Å²) in [4.78, 5) is 4.27. The van der Waals surface area contributed by atoms with Crippen LogP contribution in [0.5, 0.6) is 5.88 Å². The smallest absolute Gasteiger partial charge is 0.215 e. The summed E-state index contributed by atoms with van der Waals surface area (Å²) in [7, 11) is 0. The van der Waals surface area contributed by atoms with Crippen LogP contribution in [0.1, 0.15) is 20.8 Å². The molecule has 3 nitrogen and oxygen atoms in total. The van der Waals surface area contributed by atoms with Crippen molar-refractivity contribution in [1.29, 1.82) is 0 Å². The molecule has 72 valence electrons. The van der Waals surface area contributed by atoms with Crippen molar-refractivity contribution in [3.05, 3.63) is 18.2 Å². The van der Waals surface area contributed by atoms with Crippen LogP contribution in [0.4, 0.5) is 5.82 Å². The van der Waals surface area contributed by atoms with Crippen LogP contribution in [0.3, 0.4) is 0 Å². The predicted octanol–water partition coefficient (Wildman–Crippen LogP) is 2.30. The van der Waals surface area contributed by atoms with E-state index in [1.807, 2.05) is 39.0 Å². The van der Waals surface area contributed by atoms with E-state index in [9.17, 15) is 0 Å². The first kappa shape index (κ1) is 9.84. The predicted molar refractivity (Wildman–Crippen MR) is 54.2 cm³/mol. The van der Waals surface area contributed by atoms with Gasteiger partial charge in [-0.05, 0) is 26.8 Å². The Kier molecular flexibility index (Phi) is 3.55. The van der Waals surface area contributed by atoms with Gasteiger partial charge in [-0.25, -0.2) is 0 Å². The second-order valence-electron chi connectivity index (χ2n) is 3.06. The molecule has 0 aromatic carbocycles. The monoisotopic (exact) mass is 180 g/mol. The number of nitrogens with one attached hydrogen (secondary N) is 1. The molecule has 0 aliphatic carbocycles. The molecule has 0 saturated carbocycles. The van der Waals surface area contributed by atoms with E-state index in [-0.39, 0.29) is 6.10 Å². The van der Waals surface area contributed by atoms with Crippen molar-refractivity contribution in [2.75, 3.05) is 11.9 Å². The van der Waals surface area contributed by atoms with Gasteiger partial charge in [0.05, 0.1) is 6.10 Å². The lowest BCUT2D eigenvalue weighted by Crippen LogP contribution is -2.08.